The van der Waals surface area contributed by atoms with E-state index in [1.54, 1.807) is 47.8 Å². The lowest BCUT2D eigenvalue weighted by atomic mass is 10.1. The Labute approximate surface area is 163 Å². The van der Waals surface area contributed by atoms with Gasteiger partial charge in [-0.1, -0.05) is 24.3 Å². The molecule has 0 fully saturated rings. The predicted molar refractivity (Wildman–Crippen MR) is 111 cm³/mol. The molecule has 3 rings (SSSR count). The lowest BCUT2D eigenvalue weighted by Gasteiger charge is -2.15. The average molecular weight is 383 g/mol. The Hall–Kier alpha value is -2.04. The number of hydrogen-bond acceptors (Lipinski definition) is 4. The summed E-state index contributed by atoms with van der Waals surface area (Å²) < 4.78 is 0. The fourth-order valence-corrected chi connectivity index (χ4v) is 4.62. The molecule has 4 heteroatoms. The molecule has 134 valence electrons. The van der Waals surface area contributed by atoms with Crippen LogP contribution in [-0.2, 0) is 0 Å². The minimum Gasteiger partial charge on any atom is -0.508 e. The van der Waals surface area contributed by atoms with E-state index in [9.17, 15) is 10.2 Å². The average Bonchev–Trinajstić information content (AvgIpc) is 2.65. The third-order valence-electron chi connectivity index (χ3n) is 4.17. The molecule has 0 saturated heterocycles. The van der Waals surface area contributed by atoms with Crippen LogP contribution in [0.1, 0.15) is 35.5 Å². The molecule has 0 amide bonds. The molecule has 26 heavy (non-hydrogen) atoms. The van der Waals surface area contributed by atoms with Crippen LogP contribution in [0.4, 0.5) is 0 Å². The summed E-state index contributed by atoms with van der Waals surface area (Å²) in [6, 6.07) is 23.5. The Balaban J connectivity index is 1.63. The lowest BCUT2D eigenvalue weighted by molar-refractivity contribution is 0.474. The lowest BCUT2D eigenvalue weighted by Crippen LogP contribution is -1.92. The molecule has 2 unspecified atom stereocenters. The molecule has 0 aliphatic heterocycles. The van der Waals surface area contributed by atoms with Crippen molar-refractivity contribution in [3.05, 3.63) is 83.9 Å². The highest BCUT2D eigenvalue weighted by Crippen LogP contribution is 2.38. The van der Waals surface area contributed by atoms with Gasteiger partial charge in [0.1, 0.15) is 11.5 Å². The molecule has 0 spiro atoms. The highest BCUT2D eigenvalue weighted by Gasteiger charge is 2.11. The van der Waals surface area contributed by atoms with E-state index >= 15 is 0 Å². The van der Waals surface area contributed by atoms with E-state index in [0.29, 0.717) is 22.0 Å². The van der Waals surface area contributed by atoms with Crippen molar-refractivity contribution in [1.82, 2.24) is 0 Å². The van der Waals surface area contributed by atoms with Crippen molar-refractivity contribution in [1.29, 1.82) is 0 Å². The zero-order valence-electron chi connectivity index (χ0n) is 14.8. The van der Waals surface area contributed by atoms with Crippen molar-refractivity contribution in [2.24, 2.45) is 0 Å². The zero-order valence-corrected chi connectivity index (χ0v) is 16.4. The second-order valence-corrected chi connectivity index (χ2v) is 9.00. The molecule has 2 atom stereocenters. The number of phenolic OH excluding ortho intramolecular Hbond substituents is 2. The highest BCUT2D eigenvalue weighted by atomic mass is 32.2. The first-order valence-corrected chi connectivity index (χ1v) is 10.3. The maximum Gasteiger partial charge on any atom is 0.115 e. The molecule has 0 aromatic heterocycles. The summed E-state index contributed by atoms with van der Waals surface area (Å²) >= 11 is 3.57. The van der Waals surface area contributed by atoms with Gasteiger partial charge in [0.25, 0.3) is 0 Å². The molecule has 2 N–H and O–H groups in total. The van der Waals surface area contributed by atoms with Gasteiger partial charge in [-0.15, -0.1) is 23.5 Å². The predicted octanol–water partition coefficient (Wildman–Crippen LogP) is 6.80. The van der Waals surface area contributed by atoms with Gasteiger partial charge in [0.15, 0.2) is 0 Å². The van der Waals surface area contributed by atoms with Crippen molar-refractivity contribution in [2.75, 3.05) is 0 Å². The van der Waals surface area contributed by atoms with Crippen LogP contribution >= 0.6 is 23.5 Å². The Kier molecular flexibility index (Phi) is 6.17. The Morgan fingerprint density at radius 2 is 0.846 bits per heavy atom. The summed E-state index contributed by atoms with van der Waals surface area (Å²) in [5.74, 6) is 0.595. The minimum absolute atomic E-state index is 0.298. The van der Waals surface area contributed by atoms with Gasteiger partial charge in [0, 0.05) is 20.3 Å². The van der Waals surface area contributed by atoms with Crippen molar-refractivity contribution in [3.63, 3.8) is 0 Å². The van der Waals surface area contributed by atoms with E-state index < -0.39 is 0 Å². The second kappa shape index (κ2) is 8.56. The van der Waals surface area contributed by atoms with Crippen LogP contribution in [0.2, 0.25) is 0 Å². The molecule has 0 radical (unpaired) electrons. The van der Waals surface area contributed by atoms with Crippen molar-refractivity contribution in [2.45, 2.75) is 34.1 Å². The second-order valence-electron chi connectivity index (χ2n) is 6.17. The topological polar surface area (TPSA) is 40.5 Å². The molecule has 0 saturated carbocycles. The van der Waals surface area contributed by atoms with E-state index in [2.05, 4.69) is 38.1 Å². The van der Waals surface area contributed by atoms with E-state index in [0.717, 1.165) is 9.79 Å². The quantitative estimate of drug-likeness (QED) is 0.460. The maximum atomic E-state index is 9.39. The van der Waals surface area contributed by atoms with Crippen LogP contribution in [-0.4, -0.2) is 10.2 Å². The van der Waals surface area contributed by atoms with Crippen LogP contribution in [0.3, 0.4) is 0 Å². The summed E-state index contributed by atoms with van der Waals surface area (Å²) in [6.07, 6.45) is 0. The van der Waals surface area contributed by atoms with Crippen molar-refractivity contribution in [3.8, 4) is 11.5 Å². The summed E-state index contributed by atoms with van der Waals surface area (Å²) in [6.45, 7) is 4.39. The zero-order chi connectivity index (χ0) is 18.5. The van der Waals surface area contributed by atoms with Gasteiger partial charge in [-0.2, -0.15) is 0 Å². The van der Waals surface area contributed by atoms with Gasteiger partial charge in [0.05, 0.1) is 0 Å². The Morgan fingerprint density at radius 1 is 0.538 bits per heavy atom. The Morgan fingerprint density at radius 3 is 1.15 bits per heavy atom. The highest BCUT2D eigenvalue weighted by molar-refractivity contribution is 7.99. The number of phenols is 2. The van der Waals surface area contributed by atoms with E-state index in [4.69, 9.17) is 0 Å². The van der Waals surface area contributed by atoms with E-state index in [1.807, 2.05) is 24.3 Å². The van der Waals surface area contributed by atoms with Gasteiger partial charge >= 0.3 is 0 Å². The van der Waals surface area contributed by atoms with E-state index in [1.165, 1.54) is 11.1 Å². The summed E-state index contributed by atoms with van der Waals surface area (Å²) in [4.78, 5) is 2.30. The monoisotopic (exact) mass is 382 g/mol. The number of thioether (sulfide) groups is 2. The first kappa shape index (κ1) is 18.7. The third-order valence-corrected chi connectivity index (χ3v) is 6.51. The molecule has 3 aromatic carbocycles. The normalized spacial score (nSPS) is 13.3. The molecular formula is C22H22O2S2. The fourth-order valence-electron chi connectivity index (χ4n) is 2.63. The largest absolute Gasteiger partial charge is 0.508 e. The van der Waals surface area contributed by atoms with Crippen molar-refractivity contribution >= 4 is 23.5 Å². The summed E-state index contributed by atoms with van der Waals surface area (Å²) in [7, 11) is 0. The molecule has 0 aliphatic carbocycles. The minimum atomic E-state index is 0.298. The number of hydrogen-bond donors (Lipinski definition) is 2. The summed E-state index contributed by atoms with van der Waals surface area (Å²) in [5, 5.41) is 19.5. The van der Waals surface area contributed by atoms with Gasteiger partial charge in [-0.3, -0.25) is 0 Å². The molecule has 3 aromatic rings. The fraction of sp³-hybridized carbons (Fsp3) is 0.182. The van der Waals surface area contributed by atoms with Crippen LogP contribution < -0.4 is 0 Å². The SMILES string of the molecule is CC(Sc1ccc(O)cc1)c1ccc(C(C)Sc2ccc(O)cc2)cc1. The van der Waals surface area contributed by atoms with Gasteiger partial charge in [0.2, 0.25) is 0 Å². The third kappa shape index (κ3) is 4.99. The maximum absolute atomic E-state index is 9.39. The molecular weight excluding hydrogens is 360 g/mol. The molecule has 0 heterocycles. The molecule has 0 bridgehead atoms. The Bertz CT molecular complexity index is 755. The first-order chi connectivity index (χ1) is 12.5. The number of rotatable bonds is 6. The first-order valence-electron chi connectivity index (χ1n) is 8.52. The van der Waals surface area contributed by atoms with Crippen LogP contribution in [0, 0.1) is 0 Å². The smallest absolute Gasteiger partial charge is 0.115 e. The van der Waals surface area contributed by atoms with Gasteiger partial charge in [-0.05, 0) is 73.5 Å². The van der Waals surface area contributed by atoms with Crippen LogP contribution in [0.25, 0.3) is 0 Å². The van der Waals surface area contributed by atoms with Gasteiger partial charge in [-0.25, -0.2) is 0 Å². The molecule has 2 nitrogen and oxygen atoms in total. The molecule has 0 aliphatic rings. The van der Waals surface area contributed by atoms with Crippen molar-refractivity contribution < 1.29 is 10.2 Å². The number of benzene rings is 3. The van der Waals surface area contributed by atoms with E-state index in [-0.39, 0.29) is 0 Å². The summed E-state index contributed by atoms with van der Waals surface area (Å²) in [5.41, 5.74) is 2.57. The van der Waals surface area contributed by atoms with Crippen LogP contribution in [0.15, 0.2) is 82.6 Å². The number of aromatic hydroxyl groups is 2. The van der Waals surface area contributed by atoms with Crippen LogP contribution in [0.5, 0.6) is 11.5 Å². The van der Waals surface area contributed by atoms with Gasteiger partial charge < -0.3 is 10.2 Å². The standard InChI is InChI=1S/C22H22O2S2/c1-15(25-21-11-7-19(23)8-12-21)17-3-5-18(6-4-17)16(2)26-22-13-9-20(24)10-14-22/h3-16,23-24H,1-2H3.